The number of anilines is 1. The minimum atomic E-state index is -0.292. The summed E-state index contributed by atoms with van der Waals surface area (Å²) in [6, 6.07) is 16.7. The number of hydrogen-bond acceptors (Lipinski definition) is 4. The lowest BCUT2D eigenvalue weighted by Crippen LogP contribution is -2.41. The summed E-state index contributed by atoms with van der Waals surface area (Å²) >= 11 is 0. The third-order valence-corrected chi connectivity index (χ3v) is 5.50. The van der Waals surface area contributed by atoms with Gasteiger partial charge in [0.25, 0.3) is 5.91 Å². The highest BCUT2D eigenvalue weighted by Crippen LogP contribution is 2.22. The number of rotatable bonds is 6. The third kappa shape index (κ3) is 5.49. The van der Waals surface area contributed by atoms with Crippen molar-refractivity contribution in [3.8, 4) is 5.75 Å². The first kappa shape index (κ1) is 21.5. The Balaban J connectivity index is 1.30. The number of carbonyl (C=O) groups excluding carboxylic acids is 2. The van der Waals surface area contributed by atoms with Crippen LogP contribution in [0.5, 0.6) is 5.75 Å². The summed E-state index contributed by atoms with van der Waals surface area (Å²) in [5.74, 6) is 0.0501. The number of aromatic nitrogens is 1. The largest absolute Gasteiger partial charge is 0.489 e. The number of ether oxygens (including phenoxy) is 1. The SMILES string of the molecule is O=C(Nc1ccncc1)C1CCN(C(=O)c2cccc(OCc3ccc(F)cc3)c2)CC1. The Morgan fingerprint density at radius 1 is 1.03 bits per heavy atom. The molecule has 0 spiro atoms. The zero-order valence-electron chi connectivity index (χ0n) is 17.5. The van der Waals surface area contributed by atoms with Crippen molar-refractivity contribution in [1.29, 1.82) is 0 Å². The van der Waals surface area contributed by atoms with E-state index < -0.39 is 0 Å². The first-order valence-corrected chi connectivity index (χ1v) is 10.6. The molecular formula is C25H24FN3O3. The van der Waals surface area contributed by atoms with E-state index in [9.17, 15) is 14.0 Å². The molecule has 2 amide bonds. The van der Waals surface area contributed by atoms with Crippen molar-refractivity contribution in [2.75, 3.05) is 18.4 Å². The third-order valence-electron chi connectivity index (χ3n) is 5.50. The van der Waals surface area contributed by atoms with Gasteiger partial charge in [0.05, 0.1) is 0 Å². The van der Waals surface area contributed by atoms with Gasteiger partial charge in [0.2, 0.25) is 5.91 Å². The van der Waals surface area contributed by atoms with E-state index in [-0.39, 0.29) is 30.2 Å². The summed E-state index contributed by atoms with van der Waals surface area (Å²) in [5.41, 5.74) is 2.11. The van der Waals surface area contributed by atoms with Crippen molar-refractivity contribution >= 4 is 17.5 Å². The summed E-state index contributed by atoms with van der Waals surface area (Å²) in [6.07, 6.45) is 4.50. The second kappa shape index (κ2) is 10.0. The van der Waals surface area contributed by atoms with E-state index in [0.717, 1.165) is 11.3 Å². The minimum absolute atomic E-state index is 0.0283. The topological polar surface area (TPSA) is 71.5 Å². The fourth-order valence-electron chi connectivity index (χ4n) is 3.67. The van der Waals surface area contributed by atoms with Crippen molar-refractivity contribution < 1.29 is 18.7 Å². The van der Waals surface area contributed by atoms with Crippen molar-refractivity contribution in [1.82, 2.24) is 9.88 Å². The smallest absolute Gasteiger partial charge is 0.253 e. The zero-order chi connectivity index (χ0) is 22.3. The molecule has 0 bridgehead atoms. The first-order chi connectivity index (χ1) is 15.6. The average molecular weight is 433 g/mol. The maximum absolute atomic E-state index is 13.0. The maximum atomic E-state index is 13.0. The highest BCUT2D eigenvalue weighted by molar-refractivity contribution is 5.95. The number of amides is 2. The van der Waals surface area contributed by atoms with Crippen LogP contribution in [0.2, 0.25) is 0 Å². The fourth-order valence-corrected chi connectivity index (χ4v) is 3.67. The number of pyridine rings is 1. The second-order valence-electron chi connectivity index (χ2n) is 7.73. The van der Waals surface area contributed by atoms with Crippen LogP contribution in [-0.2, 0) is 11.4 Å². The maximum Gasteiger partial charge on any atom is 0.253 e. The molecule has 32 heavy (non-hydrogen) atoms. The zero-order valence-corrected chi connectivity index (χ0v) is 17.5. The molecule has 164 valence electrons. The molecule has 0 unspecified atom stereocenters. The molecule has 1 aliphatic heterocycles. The summed E-state index contributed by atoms with van der Waals surface area (Å²) in [5, 5.41) is 2.91. The molecular weight excluding hydrogens is 409 g/mol. The molecule has 1 aliphatic rings. The van der Waals surface area contributed by atoms with Gasteiger partial charge < -0.3 is 15.0 Å². The van der Waals surface area contributed by atoms with Gasteiger partial charge in [0, 0.05) is 42.7 Å². The lowest BCUT2D eigenvalue weighted by Gasteiger charge is -2.31. The molecule has 2 aromatic carbocycles. The lowest BCUT2D eigenvalue weighted by atomic mass is 9.95. The van der Waals surface area contributed by atoms with Gasteiger partial charge in [-0.25, -0.2) is 4.39 Å². The molecule has 0 aliphatic carbocycles. The Morgan fingerprint density at radius 3 is 2.47 bits per heavy atom. The van der Waals surface area contributed by atoms with Crippen LogP contribution in [0.25, 0.3) is 0 Å². The molecule has 1 fully saturated rings. The Morgan fingerprint density at radius 2 is 1.75 bits per heavy atom. The summed E-state index contributed by atoms with van der Waals surface area (Å²) in [7, 11) is 0. The summed E-state index contributed by atoms with van der Waals surface area (Å²) in [4.78, 5) is 31.2. The van der Waals surface area contributed by atoms with Crippen LogP contribution in [0, 0.1) is 11.7 Å². The minimum Gasteiger partial charge on any atom is -0.489 e. The predicted molar refractivity (Wildman–Crippen MR) is 119 cm³/mol. The quantitative estimate of drug-likeness (QED) is 0.630. The number of halogens is 1. The Kier molecular flexibility index (Phi) is 6.75. The molecule has 7 heteroatoms. The van der Waals surface area contributed by atoms with E-state index in [0.29, 0.717) is 37.2 Å². The molecule has 4 rings (SSSR count). The molecule has 1 N–H and O–H groups in total. The van der Waals surface area contributed by atoms with Gasteiger partial charge in [-0.3, -0.25) is 14.6 Å². The van der Waals surface area contributed by atoms with Crippen LogP contribution in [-0.4, -0.2) is 34.8 Å². The van der Waals surface area contributed by atoms with Crippen molar-refractivity contribution in [3.63, 3.8) is 0 Å². The van der Waals surface area contributed by atoms with Crippen molar-refractivity contribution in [3.05, 3.63) is 90.0 Å². The standard InChI is InChI=1S/C25H24FN3O3/c26-21-6-4-18(5-7-21)17-32-23-3-1-2-20(16-23)25(31)29-14-10-19(11-15-29)24(30)28-22-8-12-27-13-9-22/h1-9,12-13,16,19H,10-11,14-15,17H2,(H,27,28,30). The van der Waals surface area contributed by atoms with Crippen LogP contribution >= 0.6 is 0 Å². The van der Waals surface area contributed by atoms with Crippen LogP contribution in [0.4, 0.5) is 10.1 Å². The Hall–Kier alpha value is -3.74. The van der Waals surface area contributed by atoms with E-state index >= 15 is 0 Å². The van der Waals surface area contributed by atoms with Gasteiger partial charge in [0.1, 0.15) is 18.2 Å². The van der Waals surface area contributed by atoms with Crippen LogP contribution in [0.3, 0.4) is 0 Å². The highest BCUT2D eigenvalue weighted by atomic mass is 19.1. The van der Waals surface area contributed by atoms with Gasteiger partial charge in [-0.15, -0.1) is 0 Å². The van der Waals surface area contributed by atoms with Gasteiger partial charge in [0.15, 0.2) is 0 Å². The molecule has 1 saturated heterocycles. The van der Waals surface area contributed by atoms with Gasteiger partial charge in [-0.2, -0.15) is 0 Å². The number of piperidine rings is 1. The van der Waals surface area contributed by atoms with E-state index in [1.807, 2.05) is 0 Å². The van der Waals surface area contributed by atoms with Crippen LogP contribution in [0.15, 0.2) is 73.1 Å². The molecule has 2 heterocycles. The number of benzene rings is 2. The second-order valence-corrected chi connectivity index (χ2v) is 7.73. The lowest BCUT2D eigenvalue weighted by molar-refractivity contribution is -0.121. The predicted octanol–water partition coefficient (Wildman–Crippen LogP) is 4.29. The van der Waals surface area contributed by atoms with Gasteiger partial charge in [-0.1, -0.05) is 18.2 Å². The fraction of sp³-hybridized carbons (Fsp3) is 0.240. The normalized spacial score (nSPS) is 14.1. The molecule has 0 saturated carbocycles. The van der Waals surface area contributed by atoms with Crippen molar-refractivity contribution in [2.24, 2.45) is 5.92 Å². The molecule has 1 aromatic heterocycles. The summed E-state index contributed by atoms with van der Waals surface area (Å²) < 4.78 is 18.8. The number of likely N-dealkylation sites (tertiary alicyclic amines) is 1. The van der Waals surface area contributed by atoms with Crippen LogP contribution in [0.1, 0.15) is 28.8 Å². The molecule has 0 radical (unpaired) electrons. The Bertz CT molecular complexity index is 1070. The Labute approximate surface area is 186 Å². The number of hydrogen-bond donors (Lipinski definition) is 1. The van der Waals surface area contributed by atoms with Gasteiger partial charge >= 0.3 is 0 Å². The van der Waals surface area contributed by atoms with E-state index in [4.69, 9.17) is 4.74 Å². The van der Waals surface area contributed by atoms with Crippen molar-refractivity contribution in [2.45, 2.75) is 19.4 Å². The number of nitrogens with one attached hydrogen (secondary N) is 1. The number of nitrogens with zero attached hydrogens (tertiary/aromatic N) is 2. The number of carbonyl (C=O) groups is 2. The van der Waals surface area contributed by atoms with Gasteiger partial charge in [-0.05, 0) is 60.9 Å². The summed E-state index contributed by atoms with van der Waals surface area (Å²) in [6.45, 7) is 1.33. The molecule has 6 nitrogen and oxygen atoms in total. The van der Waals surface area contributed by atoms with E-state index in [2.05, 4.69) is 10.3 Å². The first-order valence-electron chi connectivity index (χ1n) is 10.6. The highest BCUT2D eigenvalue weighted by Gasteiger charge is 2.28. The molecule has 3 aromatic rings. The average Bonchev–Trinajstić information content (AvgIpc) is 2.84. The van der Waals surface area contributed by atoms with E-state index in [1.54, 1.807) is 65.8 Å². The molecule has 0 atom stereocenters. The van der Waals surface area contributed by atoms with Crippen LogP contribution < -0.4 is 10.1 Å². The monoisotopic (exact) mass is 433 g/mol. The van der Waals surface area contributed by atoms with E-state index in [1.165, 1.54) is 12.1 Å².